The predicted octanol–water partition coefficient (Wildman–Crippen LogP) is 3.37. The molecular formula is C14H15FO2. The van der Waals surface area contributed by atoms with Crippen LogP contribution in [0.2, 0.25) is 0 Å². The van der Waals surface area contributed by atoms with Crippen LogP contribution < -0.4 is 0 Å². The molecular weight excluding hydrogens is 219 g/mol. The maximum absolute atomic E-state index is 13.2. The summed E-state index contributed by atoms with van der Waals surface area (Å²) in [5.41, 5.74) is 2.16. The average Bonchev–Trinajstić information content (AvgIpc) is 2.79. The molecule has 1 aromatic carbocycles. The fourth-order valence-electron chi connectivity index (χ4n) is 1.95. The van der Waals surface area contributed by atoms with Crippen molar-refractivity contribution in [1.82, 2.24) is 0 Å². The van der Waals surface area contributed by atoms with Crippen molar-refractivity contribution >= 4 is 0 Å². The second-order valence-corrected chi connectivity index (χ2v) is 4.06. The minimum Gasteiger partial charge on any atom is -0.469 e. The Morgan fingerprint density at radius 2 is 2.06 bits per heavy atom. The number of rotatable bonds is 3. The highest BCUT2D eigenvalue weighted by atomic mass is 19.1. The van der Waals surface area contributed by atoms with E-state index in [4.69, 9.17) is 4.42 Å². The smallest absolute Gasteiger partial charge is 0.123 e. The van der Waals surface area contributed by atoms with E-state index in [1.165, 1.54) is 12.1 Å². The molecule has 0 radical (unpaired) electrons. The van der Waals surface area contributed by atoms with Crippen LogP contribution >= 0.6 is 0 Å². The molecule has 2 aromatic rings. The van der Waals surface area contributed by atoms with Gasteiger partial charge in [0.25, 0.3) is 0 Å². The molecule has 0 aliphatic rings. The van der Waals surface area contributed by atoms with E-state index in [0.717, 1.165) is 11.3 Å². The van der Waals surface area contributed by atoms with Crippen molar-refractivity contribution in [3.05, 3.63) is 58.8 Å². The molecule has 0 saturated carbocycles. The van der Waals surface area contributed by atoms with Crippen LogP contribution in [-0.2, 0) is 6.42 Å². The highest BCUT2D eigenvalue weighted by Crippen LogP contribution is 2.28. The number of aliphatic hydroxyl groups is 1. The molecule has 2 nitrogen and oxygen atoms in total. The summed E-state index contributed by atoms with van der Waals surface area (Å²) in [4.78, 5) is 0. The normalized spacial score (nSPS) is 12.7. The Hall–Kier alpha value is -1.61. The first-order valence-corrected chi connectivity index (χ1v) is 5.64. The SMILES string of the molecule is CCc1occc1C(O)c1cc(F)ccc1C. The zero-order valence-corrected chi connectivity index (χ0v) is 9.90. The summed E-state index contributed by atoms with van der Waals surface area (Å²) >= 11 is 0. The van der Waals surface area contributed by atoms with Crippen LogP contribution in [0, 0.1) is 12.7 Å². The zero-order chi connectivity index (χ0) is 12.4. The van der Waals surface area contributed by atoms with E-state index < -0.39 is 6.10 Å². The Bertz CT molecular complexity index is 517. The van der Waals surface area contributed by atoms with Gasteiger partial charge in [-0.1, -0.05) is 13.0 Å². The molecule has 1 unspecified atom stereocenters. The van der Waals surface area contributed by atoms with Crippen LogP contribution in [-0.4, -0.2) is 5.11 Å². The van der Waals surface area contributed by atoms with Crippen LogP contribution in [0.4, 0.5) is 4.39 Å². The van der Waals surface area contributed by atoms with Gasteiger partial charge in [0, 0.05) is 12.0 Å². The number of furan rings is 1. The molecule has 0 saturated heterocycles. The molecule has 3 heteroatoms. The molecule has 2 rings (SSSR count). The third-order valence-corrected chi connectivity index (χ3v) is 2.93. The highest BCUT2D eigenvalue weighted by molar-refractivity contribution is 5.36. The molecule has 1 heterocycles. The number of aryl methyl sites for hydroxylation is 2. The van der Waals surface area contributed by atoms with Gasteiger partial charge in [0.05, 0.1) is 6.26 Å². The van der Waals surface area contributed by atoms with E-state index in [1.54, 1.807) is 18.4 Å². The van der Waals surface area contributed by atoms with Gasteiger partial charge in [0.1, 0.15) is 17.7 Å². The minimum absolute atomic E-state index is 0.341. The van der Waals surface area contributed by atoms with E-state index in [2.05, 4.69) is 0 Å². The molecule has 0 spiro atoms. The quantitative estimate of drug-likeness (QED) is 0.883. The number of hydrogen-bond acceptors (Lipinski definition) is 2. The summed E-state index contributed by atoms with van der Waals surface area (Å²) in [6.45, 7) is 3.80. The van der Waals surface area contributed by atoms with E-state index in [-0.39, 0.29) is 5.82 Å². The second kappa shape index (κ2) is 4.72. The molecule has 1 aromatic heterocycles. The summed E-state index contributed by atoms with van der Waals surface area (Å²) in [6.07, 6.45) is 1.42. The maximum atomic E-state index is 13.2. The van der Waals surface area contributed by atoms with Crippen LogP contribution in [0.25, 0.3) is 0 Å². The molecule has 0 fully saturated rings. The average molecular weight is 234 g/mol. The lowest BCUT2D eigenvalue weighted by Crippen LogP contribution is -2.03. The topological polar surface area (TPSA) is 33.4 Å². The molecule has 90 valence electrons. The van der Waals surface area contributed by atoms with Gasteiger partial charge < -0.3 is 9.52 Å². The fraction of sp³-hybridized carbons (Fsp3) is 0.286. The van der Waals surface area contributed by atoms with Crippen molar-refractivity contribution in [3.63, 3.8) is 0 Å². The van der Waals surface area contributed by atoms with Gasteiger partial charge in [-0.25, -0.2) is 4.39 Å². The number of hydrogen-bond donors (Lipinski definition) is 1. The van der Waals surface area contributed by atoms with Crippen molar-refractivity contribution in [2.75, 3.05) is 0 Å². The van der Waals surface area contributed by atoms with Gasteiger partial charge in [-0.2, -0.15) is 0 Å². The lowest BCUT2D eigenvalue weighted by Gasteiger charge is -2.13. The van der Waals surface area contributed by atoms with E-state index in [0.29, 0.717) is 17.5 Å². The summed E-state index contributed by atoms with van der Waals surface area (Å²) in [5.74, 6) is 0.396. The Morgan fingerprint density at radius 1 is 1.29 bits per heavy atom. The van der Waals surface area contributed by atoms with Crippen LogP contribution in [0.5, 0.6) is 0 Å². The molecule has 0 amide bonds. The van der Waals surface area contributed by atoms with Crippen molar-refractivity contribution in [2.24, 2.45) is 0 Å². The third-order valence-electron chi connectivity index (χ3n) is 2.93. The van der Waals surface area contributed by atoms with E-state index in [1.807, 2.05) is 13.8 Å². The summed E-state index contributed by atoms with van der Waals surface area (Å²) < 4.78 is 18.5. The number of halogens is 1. The van der Waals surface area contributed by atoms with Gasteiger partial charge in [-0.3, -0.25) is 0 Å². The summed E-state index contributed by atoms with van der Waals surface area (Å²) in [6, 6.07) is 6.15. The van der Waals surface area contributed by atoms with Gasteiger partial charge >= 0.3 is 0 Å². The standard InChI is InChI=1S/C14H15FO2/c1-3-13-11(6-7-17-13)14(16)12-8-10(15)5-4-9(12)2/h4-8,14,16H,3H2,1-2H3. The Balaban J connectivity index is 2.43. The second-order valence-electron chi connectivity index (χ2n) is 4.06. The van der Waals surface area contributed by atoms with Crippen molar-refractivity contribution < 1.29 is 13.9 Å². The Kier molecular flexibility index (Phi) is 3.29. The van der Waals surface area contributed by atoms with Gasteiger partial charge in [-0.15, -0.1) is 0 Å². The van der Waals surface area contributed by atoms with Crippen LogP contribution in [0.1, 0.15) is 35.5 Å². The van der Waals surface area contributed by atoms with Crippen LogP contribution in [0.3, 0.4) is 0 Å². The van der Waals surface area contributed by atoms with Gasteiger partial charge in [0.2, 0.25) is 0 Å². The van der Waals surface area contributed by atoms with E-state index in [9.17, 15) is 9.50 Å². The van der Waals surface area contributed by atoms with Crippen molar-refractivity contribution in [3.8, 4) is 0 Å². The maximum Gasteiger partial charge on any atom is 0.123 e. The molecule has 17 heavy (non-hydrogen) atoms. The first-order valence-electron chi connectivity index (χ1n) is 5.64. The first-order chi connectivity index (χ1) is 8.13. The lowest BCUT2D eigenvalue weighted by molar-refractivity contribution is 0.216. The number of benzene rings is 1. The first kappa shape index (κ1) is 11.9. The molecule has 0 bridgehead atoms. The minimum atomic E-state index is -0.834. The van der Waals surface area contributed by atoms with E-state index >= 15 is 0 Å². The highest BCUT2D eigenvalue weighted by Gasteiger charge is 2.18. The molecule has 1 atom stereocenters. The van der Waals surface area contributed by atoms with Crippen molar-refractivity contribution in [2.45, 2.75) is 26.4 Å². The molecule has 0 aliphatic carbocycles. The zero-order valence-electron chi connectivity index (χ0n) is 9.90. The molecule has 0 aliphatic heterocycles. The predicted molar refractivity (Wildman–Crippen MR) is 63.3 cm³/mol. The summed E-state index contributed by atoms with van der Waals surface area (Å²) in [7, 11) is 0. The molecule has 1 N–H and O–H groups in total. The summed E-state index contributed by atoms with van der Waals surface area (Å²) in [5, 5.41) is 10.3. The lowest BCUT2D eigenvalue weighted by atomic mass is 9.97. The Labute approximate surface area is 99.7 Å². The van der Waals surface area contributed by atoms with Gasteiger partial charge in [-0.05, 0) is 36.2 Å². The van der Waals surface area contributed by atoms with Crippen molar-refractivity contribution in [1.29, 1.82) is 0 Å². The van der Waals surface area contributed by atoms with Crippen LogP contribution in [0.15, 0.2) is 34.9 Å². The third kappa shape index (κ3) is 2.24. The number of aliphatic hydroxyl groups excluding tert-OH is 1. The monoisotopic (exact) mass is 234 g/mol. The Morgan fingerprint density at radius 3 is 2.76 bits per heavy atom. The largest absolute Gasteiger partial charge is 0.469 e. The van der Waals surface area contributed by atoms with Gasteiger partial charge in [0.15, 0.2) is 0 Å². The fourth-order valence-corrected chi connectivity index (χ4v) is 1.95.